The van der Waals surface area contributed by atoms with Crippen LogP contribution in [-0.4, -0.2) is 44.8 Å². The third kappa shape index (κ3) is 3.21. The number of benzene rings is 1. The van der Waals surface area contributed by atoms with Crippen LogP contribution >= 0.6 is 0 Å². The third-order valence-corrected chi connectivity index (χ3v) is 7.30. The molecule has 5 rings (SSSR count). The van der Waals surface area contributed by atoms with Crippen molar-refractivity contribution < 1.29 is 0 Å². The average molecular weight is 390 g/mol. The summed E-state index contributed by atoms with van der Waals surface area (Å²) in [5, 5.41) is 5.74. The molecule has 0 bridgehead atoms. The molecule has 0 aliphatic carbocycles. The topological polar surface area (TPSA) is 37.2 Å². The fourth-order valence-corrected chi connectivity index (χ4v) is 5.42. The molecule has 2 aliphatic rings. The monoisotopic (exact) mass is 389 g/mol. The lowest BCUT2D eigenvalue weighted by Crippen LogP contribution is -2.52. The van der Waals surface area contributed by atoms with Gasteiger partial charge in [0.1, 0.15) is 0 Å². The Morgan fingerprint density at radius 2 is 1.83 bits per heavy atom. The number of pyridine rings is 1. The molecule has 1 spiro atoms. The van der Waals surface area contributed by atoms with Gasteiger partial charge in [0.2, 0.25) is 0 Å². The number of fused-ring (bicyclic) bond motifs is 1. The molecule has 0 atom stereocenters. The number of hydrogen-bond donors (Lipinski definition) is 0. The summed E-state index contributed by atoms with van der Waals surface area (Å²) in [6, 6.07) is 10.8. The van der Waals surface area contributed by atoms with E-state index in [0.29, 0.717) is 5.54 Å². The van der Waals surface area contributed by atoms with Gasteiger partial charge in [0, 0.05) is 60.2 Å². The van der Waals surface area contributed by atoms with E-state index in [1.165, 1.54) is 54.6 Å². The van der Waals surface area contributed by atoms with Crippen LogP contribution < -0.4 is 4.90 Å². The Morgan fingerprint density at radius 1 is 1.03 bits per heavy atom. The van der Waals surface area contributed by atoms with Gasteiger partial charge in [-0.1, -0.05) is 18.2 Å². The van der Waals surface area contributed by atoms with E-state index in [1.807, 2.05) is 11.7 Å². The van der Waals surface area contributed by atoms with Crippen molar-refractivity contribution in [1.29, 1.82) is 0 Å². The second-order valence-electron chi connectivity index (χ2n) is 8.92. The number of aromatic nitrogens is 3. The van der Waals surface area contributed by atoms with Crippen LogP contribution in [0.5, 0.6) is 0 Å². The highest BCUT2D eigenvalue weighted by atomic mass is 15.3. The highest BCUT2D eigenvalue weighted by molar-refractivity contribution is 5.92. The number of likely N-dealkylation sites (tertiary alicyclic amines) is 1. The maximum Gasteiger partial charge on any atom is 0.0726 e. The maximum absolute atomic E-state index is 4.73. The first-order valence-corrected chi connectivity index (χ1v) is 10.9. The molecule has 5 nitrogen and oxygen atoms in total. The number of piperidine rings is 1. The van der Waals surface area contributed by atoms with Crippen LogP contribution in [-0.2, 0) is 13.6 Å². The summed E-state index contributed by atoms with van der Waals surface area (Å²) in [5.74, 6) is 0. The van der Waals surface area contributed by atoms with Gasteiger partial charge in [-0.25, -0.2) is 0 Å². The quantitative estimate of drug-likeness (QED) is 0.672. The second-order valence-corrected chi connectivity index (χ2v) is 8.92. The molecule has 4 heterocycles. The zero-order chi connectivity index (χ0) is 20.0. The molecule has 1 aromatic carbocycles. The zero-order valence-electron chi connectivity index (χ0n) is 17.9. The standard InChI is InChI=1S/C24H31N5/c1-18-15-23(21-7-4-5-8-22(21)26-18)28-13-10-24(11-14-28)9-6-12-29(24)17-20-16-25-27(3)19(20)2/h4-5,7-8,15-16H,6,9-14,17H2,1-3H3. The molecule has 2 saturated heterocycles. The van der Waals surface area contributed by atoms with Crippen molar-refractivity contribution in [1.82, 2.24) is 19.7 Å². The van der Waals surface area contributed by atoms with Crippen molar-refractivity contribution in [3.8, 4) is 0 Å². The van der Waals surface area contributed by atoms with Crippen LogP contribution in [0.15, 0.2) is 36.5 Å². The van der Waals surface area contributed by atoms with E-state index in [-0.39, 0.29) is 0 Å². The van der Waals surface area contributed by atoms with Crippen molar-refractivity contribution in [2.24, 2.45) is 7.05 Å². The van der Waals surface area contributed by atoms with Crippen LogP contribution in [0, 0.1) is 13.8 Å². The number of nitrogens with zero attached hydrogens (tertiary/aromatic N) is 5. The Morgan fingerprint density at radius 3 is 2.59 bits per heavy atom. The van der Waals surface area contributed by atoms with E-state index in [2.05, 4.69) is 65.3 Å². The Bertz CT molecular complexity index is 1030. The van der Waals surface area contributed by atoms with E-state index in [1.54, 1.807) is 0 Å². The minimum absolute atomic E-state index is 0.358. The predicted molar refractivity (Wildman–Crippen MR) is 118 cm³/mol. The molecule has 0 saturated carbocycles. The maximum atomic E-state index is 4.73. The van der Waals surface area contributed by atoms with Crippen LogP contribution in [0.2, 0.25) is 0 Å². The second kappa shape index (κ2) is 7.13. The molecule has 0 unspecified atom stereocenters. The first-order valence-electron chi connectivity index (χ1n) is 10.9. The smallest absolute Gasteiger partial charge is 0.0726 e. The van der Waals surface area contributed by atoms with Gasteiger partial charge < -0.3 is 4.90 Å². The molecule has 3 aromatic rings. The van der Waals surface area contributed by atoms with E-state index in [9.17, 15) is 0 Å². The van der Waals surface area contributed by atoms with E-state index < -0.39 is 0 Å². The van der Waals surface area contributed by atoms with Crippen molar-refractivity contribution in [2.45, 2.75) is 51.6 Å². The number of hydrogen-bond acceptors (Lipinski definition) is 4. The Hall–Kier alpha value is -2.40. The number of rotatable bonds is 3. The molecular weight excluding hydrogens is 358 g/mol. The van der Waals surface area contributed by atoms with Crippen LogP contribution in [0.1, 0.15) is 42.6 Å². The van der Waals surface area contributed by atoms with E-state index in [0.717, 1.165) is 30.8 Å². The van der Waals surface area contributed by atoms with Crippen molar-refractivity contribution >= 4 is 16.6 Å². The lowest BCUT2D eigenvalue weighted by molar-refractivity contribution is 0.0996. The first kappa shape index (κ1) is 18.6. The summed E-state index contributed by atoms with van der Waals surface area (Å²) in [6.45, 7) is 8.79. The first-order chi connectivity index (χ1) is 14.1. The summed E-state index contributed by atoms with van der Waals surface area (Å²) in [7, 11) is 2.04. The molecular formula is C24H31N5. The Labute approximate surface area is 173 Å². The van der Waals surface area contributed by atoms with Crippen LogP contribution in [0.3, 0.4) is 0 Å². The largest absolute Gasteiger partial charge is 0.371 e. The number of para-hydroxylation sites is 1. The van der Waals surface area contributed by atoms with Crippen molar-refractivity contribution in [3.63, 3.8) is 0 Å². The lowest BCUT2D eigenvalue weighted by atomic mass is 9.84. The third-order valence-electron chi connectivity index (χ3n) is 7.30. The molecule has 0 amide bonds. The minimum atomic E-state index is 0.358. The molecule has 2 fully saturated rings. The van der Waals surface area contributed by atoms with Gasteiger partial charge in [0.15, 0.2) is 0 Å². The fraction of sp³-hybridized carbons (Fsp3) is 0.500. The summed E-state index contributed by atoms with van der Waals surface area (Å²) in [5.41, 5.74) is 6.60. The van der Waals surface area contributed by atoms with E-state index >= 15 is 0 Å². The van der Waals surface area contributed by atoms with Gasteiger partial charge in [0.05, 0.1) is 11.7 Å². The number of aryl methyl sites for hydroxylation is 2. The summed E-state index contributed by atoms with van der Waals surface area (Å²) in [4.78, 5) is 10.1. The summed E-state index contributed by atoms with van der Waals surface area (Å²) < 4.78 is 2.00. The normalized spacial score (nSPS) is 19.5. The summed E-state index contributed by atoms with van der Waals surface area (Å²) >= 11 is 0. The average Bonchev–Trinajstić information content (AvgIpc) is 3.26. The van der Waals surface area contributed by atoms with Crippen LogP contribution in [0.25, 0.3) is 10.9 Å². The zero-order valence-corrected chi connectivity index (χ0v) is 17.9. The van der Waals surface area contributed by atoms with Gasteiger partial charge in [-0.2, -0.15) is 5.10 Å². The predicted octanol–water partition coefficient (Wildman–Crippen LogP) is 4.22. The minimum Gasteiger partial charge on any atom is -0.371 e. The highest BCUT2D eigenvalue weighted by Gasteiger charge is 2.43. The SMILES string of the molecule is Cc1cc(N2CCC3(CCCN3Cc3cnn(C)c3C)CC2)c2ccccc2n1. The van der Waals surface area contributed by atoms with Crippen LogP contribution in [0.4, 0.5) is 5.69 Å². The molecule has 0 N–H and O–H groups in total. The molecule has 5 heteroatoms. The summed E-state index contributed by atoms with van der Waals surface area (Å²) in [6.07, 6.45) is 7.18. The molecule has 2 aromatic heterocycles. The van der Waals surface area contributed by atoms with Crippen molar-refractivity contribution in [3.05, 3.63) is 53.5 Å². The molecule has 0 radical (unpaired) electrons. The van der Waals surface area contributed by atoms with Gasteiger partial charge in [0.25, 0.3) is 0 Å². The fourth-order valence-electron chi connectivity index (χ4n) is 5.42. The van der Waals surface area contributed by atoms with E-state index in [4.69, 9.17) is 4.98 Å². The lowest BCUT2D eigenvalue weighted by Gasteiger charge is -2.46. The van der Waals surface area contributed by atoms with Gasteiger partial charge in [-0.05, 0) is 58.2 Å². The molecule has 152 valence electrons. The number of anilines is 1. The van der Waals surface area contributed by atoms with Gasteiger partial charge in [-0.3, -0.25) is 14.6 Å². The highest BCUT2D eigenvalue weighted by Crippen LogP contribution is 2.41. The van der Waals surface area contributed by atoms with Gasteiger partial charge in [-0.15, -0.1) is 0 Å². The Kier molecular flexibility index (Phi) is 4.58. The van der Waals surface area contributed by atoms with Gasteiger partial charge >= 0.3 is 0 Å². The molecule has 29 heavy (non-hydrogen) atoms. The molecule has 2 aliphatic heterocycles. The Balaban J connectivity index is 1.36. The van der Waals surface area contributed by atoms with Crippen molar-refractivity contribution in [2.75, 3.05) is 24.5 Å².